The highest BCUT2D eigenvalue weighted by Crippen LogP contribution is 2.23. The zero-order chi connectivity index (χ0) is 13.5. The summed E-state index contributed by atoms with van der Waals surface area (Å²) in [5, 5.41) is 3.06. The van der Waals surface area contributed by atoms with E-state index in [0.717, 1.165) is 28.7 Å². The lowest BCUT2D eigenvalue weighted by Gasteiger charge is -1.99. The molecule has 19 heavy (non-hydrogen) atoms. The Morgan fingerprint density at radius 3 is 2.58 bits per heavy atom. The molecule has 0 spiro atoms. The summed E-state index contributed by atoms with van der Waals surface area (Å²) in [6, 6.07) is 11.8. The maximum atomic E-state index is 5.88. The molecule has 0 radical (unpaired) electrons. The summed E-state index contributed by atoms with van der Waals surface area (Å²) in [6.07, 6.45) is 3.86. The second-order valence-corrected chi connectivity index (χ2v) is 5.20. The third-order valence-electron chi connectivity index (χ3n) is 3.15. The fourth-order valence-corrected chi connectivity index (χ4v) is 2.17. The van der Waals surface area contributed by atoms with Gasteiger partial charge in [-0.25, -0.2) is 0 Å². The zero-order valence-electron chi connectivity index (χ0n) is 11.4. The number of furan rings is 1. The molecule has 0 saturated heterocycles. The molecular formula is C16H21ClNO+. The molecule has 1 heterocycles. The fraction of sp³-hybridized carbons (Fsp3) is 0.375. The van der Waals surface area contributed by atoms with Crippen LogP contribution in [0.15, 0.2) is 40.8 Å². The Hall–Kier alpha value is -1.25. The number of unbranched alkanes of at least 4 members (excludes halogenated alkanes) is 2. The highest BCUT2D eigenvalue weighted by molar-refractivity contribution is 6.30. The summed E-state index contributed by atoms with van der Waals surface area (Å²) < 4.78 is 5.84. The van der Waals surface area contributed by atoms with Gasteiger partial charge in [-0.3, -0.25) is 0 Å². The average molecular weight is 279 g/mol. The van der Waals surface area contributed by atoms with Gasteiger partial charge in [0, 0.05) is 10.6 Å². The molecular weight excluding hydrogens is 258 g/mol. The van der Waals surface area contributed by atoms with E-state index in [1.54, 1.807) is 0 Å². The minimum Gasteiger partial charge on any atom is -0.455 e. The number of hydrogen-bond acceptors (Lipinski definition) is 1. The van der Waals surface area contributed by atoms with Gasteiger partial charge in [0.2, 0.25) is 0 Å². The van der Waals surface area contributed by atoms with Gasteiger partial charge in [-0.15, -0.1) is 0 Å². The van der Waals surface area contributed by atoms with Crippen LogP contribution in [0.3, 0.4) is 0 Å². The molecule has 0 aliphatic carbocycles. The summed E-state index contributed by atoms with van der Waals surface area (Å²) >= 11 is 5.88. The molecule has 0 aliphatic heterocycles. The Kier molecular flexibility index (Phi) is 5.49. The van der Waals surface area contributed by atoms with Gasteiger partial charge in [-0.2, -0.15) is 0 Å². The normalized spacial score (nSPS) is 10.8. The van der Waals surface area contributed by atoms with Crippen LogP contribution < -0.4 is 5.32 Å². The van der Waals surface area contributed by atoms with E-state index < -0.39 is 0 Å². The molecule has 3 heteroatoms. The Labute approximate surface area is 119 Å². The minimum atomic E-state index is 0.750. The lowest BCUT2D eigenvalue weighted by Crippen LogP contribution is -2.82. The second kappa shape index (κ2) is 7.37. The molecule has 2 rings (SSSR count). The Morgan fingerprint density at radius 2 is 1.84 bits per heavy atom. The van der Waals surface area contributed by atoms with Gasteiger partial charge >= 0.3 is 0 Å². The predicted octanol–water partition coefficient (Wildman–Crippen LogP) is 3.85. The SMILES string of the molecule is CCCCC[NH2+]Cc1ccc(-c2ccc(Cl)cc2)o1. The summed E-state index contributed by atoms with van der Waals surface area (Å²) in [5.41, 5.74) is 1.07. The number of rotatable bonds is 7. The molecule has 0 saturated carbocycles. The lowest BCUT2D eigenvalue weighted by atomic mass is 10.2. The van der Waals surface area contributed by atoms with Gasteiger partial charge in [-0.05, 0) is 49.2 Å². The maximum absolute atomic E-state index is 5.88. The summed E-state index contributed by atoms with van der Waals surface area (Å²) in [5.74, 6) is 1.94. The fourth-order valence-electron chi connectivity index (χ4n) is 2.04. The van der Waals surface area contributed by atoms with E-state index in [1.807, 2.05) is 30.3 Å². The summed E-state index contributed by atoms with van der Waals surface area (Å²) in [6.45, 7) is 4.31. The Morgan fingerprint density at radius 1 is 1.05 bits per heavy atom. The minimum absolute atomic E-state index is 0.750. The molecule has 102 valence electrons. The second-order valence-electron chi connectivity index (χ2n) is 4.76. The van der Waals surface area contributed by atoms with Crippen molar-refractivity contribution in [2.45, 2.75) is 32.7 Å². The van der Waals surface area contributed by atoms with Crippen LogP contribution in [0.4, 0.5) is 0 Å². The van der Waals surface area contributed by atoms with E-state index in [2.05, 4.69) is 18.3 Å². The first-order chi connectivity index (χ1) is 9.29. The van der Waals surface area contributed by atoms with Crippen LogP contribution in [-0.2, 0) is 6.54 Å². The van der Waals surface area contributed by atoms with Crippen LogP contribution in [0.1, 0.15) is 31.9 Å². The number of quaternary nitrogens is 1. The van der Waals surface area contributed by atoms with Crippen molar-refractivity contribution in [1.29, 1.82) is 0 Å². The van der Waals surface area contributed by atoms with Crippen molar-refractivity contribution in [2.24, 2.45) is 0 Å². The molecule has 0 atom stereocenters. The predicted molar refractivity (Wildman–Crippen MR) is 79.2 cm³/mol. The highest BCUT2D eigenvalue weighted by Gasteiger charge is 2.05. The van der Waals surface area contributed by atoms with Gasteiger partial charge in [0.05, 0.1) is 6.54 Å². The van der Waals surface area contributed by atoms with Crippen LogP contribution >= 0.6 is 11.6 Å². The van der Waals surface area contributed by atoms with Crippen LogP contribution in [-0.4, -0.2) is 6.54 Å². The average Bonchev–Trinajstić information content (AvgIpc) is 2.88. The smallest absolute Gasteiger partial charge is 0.158 e. The van der Waals surface area contributed by atoms with Gasteiger partial charge in [0.25, 0.3) is 0 Å². The van der Waals surface area contributed by atoms with Crippen LogP contribution in [0.5, 0.6) is 0 Å². The van der Waals surface area contributed by atoms with E-state index in [1.165, 1.54) is 25.8 Å². The van der Waals surface area contributed by atoms with Crippen LogP contribution in [0.25, 0.3) is 11.3 Å². The molecule has 1 aromatic carbocycles. The third kappa shape index (κ3) is 4.41. The zero-order valence-corrected chi connectivity index (χ0v) is 12.1. The molecule has 0 unspecified atom stereocenters. The quantitative estimate of drug-likeness (QED) is 0.766. The topological polar surface area (TPSA) is 29.8 Å². The largest absolute Gasteiger partial charge is 0.455 e. The molecule has 0 bridgehead atoms. The highest BCUT2D eigenvalue weighted by atomic mass is 35.5. The number of hydrogen-bond donors (Lipinski definition) is 1. The van der Waals surface area contributed by atoms with Crippen molar-refractivity contribution in [1.82, 2.24) is 0 Å². The van der Waals surface area contributed by atoms with E-state index in [4.69, 9.17) is 16.0 Å². The van der Waals surface area contributed by atoms with Crippen molar-refractivity contribution in [3.05, 3.63) is 47.2 Å². The maximum Gasteiger partial charge on any atom is 0.158 e. The van der Waals surface area contributed by atoms with Gasteiger partial charge in [-0.1, -0.05) is 24.9 Å². The number of nitrogens with two attached hydrogens (primary N) is 1. The van der Waals surface area contributed by atoms with Crippen molar-refractivity contribution in [3.8, 4) is 11.3 Å². The number of halogens is 1. The molecule has 0 aliphatic rings. The van der Waals surface area contributed by atoms with Gasteiger partial charge < -0.3 is 9.73 Å². The van der Waals surface area contributed by atoms with Crippen LogP contribution in [0, 0.1) is 0 Å². The lowest BCUT2D eigenvalue weighted by molar-refractivity contribution is -0.672. The molecule has 0 amide bonds. The molecule has 2 N–H and O–H groups in total. The summed E-state index contributed by atoms with van der Waals surface area (Å²) in [7, 11) is 0. The van der Waals surface area contributed by atoms with E-state index in [9.17, 15) is 0 Å². The van der Waals surface area contributed by atoms with E-state index in [-0.39, 0.29) is 0 Å². The van der Waals surface area contributed by atoms with Gasteiger partial charge in [0.1, 0.15) is 12.3 Å². The molecule has 0 fully saturated rings. The van der Waals surface area contributed by atoms with Crippen molar-refractivity contribution in [2.75, 3.05) is 6.54 Å². The third-order valence-corrected chi connectivity index (χ3v) is 3.40. The first-order valence-corrected chi connectivity index (χ1v) is 7.33. The van der Waals surface area contributed by atoms with Crippen LogP contribution in [0.2, 0.25) is 5.02 Å². The van der Waals surface area contributed by atoms with Crippen molar-refractivity contribution in [3.63, 3.8) is 0 Å². The standard InChI is InChI=1S/C16H20ClNO/c1-2-3-4-11-18-12-15-9-10-16(19-15)13-5-7-14(17)8-6-13/h5-10,18H,2-4,11-12H2,1H3/p+1. The van der Waals surface area contributed by atoms with Crippen molar-refractivity contribution < 1.29 is 9.73 Å². The van der Waals surface area contributed by atoms with E-state index in [0.29, 0.717) is 0 Å². The molecule has 2 nitrogen and oxygen atoms in total. The molecule has 2 aromatic rings. The van der Waals surface area contributed by atoms with Gasteiger partial charge in [0.15, 0.2) is 5.76 Å². The molecule has 1 aromatic heterocycles. The Bertz CT molecular complexity index is 490. The first kappa shape index (κ1) is 14.2. The van der Waals surface area contributed by atoms with E-state index >= 15 is 0 Å². The first-order valence-electron chi connectivity index (χ1n) is 6.96. The monoisotopic (exact) mass is 278 g/mol. The summed E-state index contributed by atoms with van der Waals surface area (Å²) in [4.78, 5) is 0. The number of benzene rings is 1. The Balaban J connectivity index is 1.86. The van der Waals surface area contributed by atoms with Crippen molar-refractivity contribution >= 4 is 11.6 Å².